The highest BCUT2D eigenvalue weighted by atomic mass is 32.2. The summed E-state index contributed by atoms with van der Waals surface area (Å²) in [7, 11) is -2.12. The molecule has 0 heterocycles. The van der Waals surface area contributed by atoms with Gasteiger partial charge in [-0.1, -0.05) is 6.07 Å². The Morgan fingerprint density at radius 1 is 1.32 bits per heavy atom. The van der Waals surface area contributed by atoms with Gasteiger partial charge in [0.1, 0.15) is 5.75 Å². The van der Waals surface area contributed by atoms with Crippen LogP contribution < -0.4 is 4.74 Å². The predicted molar refractivity (Wildman–Crippen MR) is 69.4 cm³/mol. The van der Waals surface area contributed by atoms with Gasteiger partial charge in [-0.15, -0.1) is 0 Å². The molecule has 0 unspecified atom stereocenters. The van der Waals surface area contributed by atoms with Crippen molar-refractivity contribution in [1.82, 2.24) is 0 Å². The van der Waals surface area contributed by atoms with E-state index in [-0.39, 0.29) is 10.3 Å². The summed E-state index contributed by atoms with van der Waals surface area (Å²) in [5.41, 5.74) is 0.154. The maximum absolute atomic E-state index is 12.7. The van der Waals surface area contributed by atoms with Crippen molar-refractivity contribution in [2.45, 2.75) is 35.3 Å². The van der Waals surface area contributed by atoms with E-state index >= 15 is 0 Å². The van der Waals surface area contributed by atoms with E-state index < -0.39 is 14.6 Å². The van der Waals surface area contributed by atoms with Gasteiger partial charge in [0, 0.05) is 0 Å². The van der Waals surface area contributed by atoms with E-state index in [0.29, 0.717) is 18.6 Å². The second-order valence-electron chi connectivity index (χ2n) is 5.64. The molecule has 0 radical (unpaired) electrons. The molecular weight excluding hydrogens is 262 g/mol. The molecule has 1 aromatic carbocycles. The lowest BCUT2D eigenvalue weighted by Crippen LogP contribution is -2.50. The summed E-state index contributed by atoms with van der Waals surface area (Å²) in [6.45, 7) is 0. The van der Waals surface area contributed by atoms with Gasteiger partial charge in [0.05, 0.1) is 18.1 Å². The first-order valence-corrected chi connectivity index (χ1v) is 7.75. The first kappa shape index (κ1) is 12.5. The van der Waals surface area contributed by atoms with E-state index in [2.05, 4.69) is 6.07 Å². The fourth-order valence-electron chi connectivity index (χ4n) is 3.01. The fourth-order valence-corrected chi connectivity index (χ4v) is 5.11. The van der Waals surface area contributed by atoms with Crippen LogP contribution in [0.25, 0.3) is 0 Å². The van der Waals surface area contributed by atoms with Crippen LogP contribution in [0.5, 0.6) is 5.75 Å². The van der Waals surface area contributed by atoms with E-state index in [1.807, 2.05) is 0 Å². The summed E-state index contributed by atoms with van der Waals surface area (Å²) in [6.07, 6.45) is 3.08. The van der Waals surface area contributed by atoms with Crippen LogP contribution in [-0.2, 0) is 9.84 Å². The van der Waals surface area contributed by atoms with Crippen LogP contribution in [0.15, 0.2) is 29.2 Å². The second-order valence-corrected chi connectivity index (χ2v) is 7.90. The van der Waals surface area contributed by atoms with Crippen molar-refractivity contribution in [2.24, 2.45) is 5.41 Å². The summed E-state index contributed by atoms with van der Waals surface area (Å²) in [4.78, 5) is 0.184. The van der Waals surface area contributed by atoms with Gasteiger partial charge >= 0.3 is 0 Å². The molecule has 0 aromatic heterocycles. The molecule has 2 saturated carbocycles. The number of benzene rings is 1. The standard InChI is InChI=1S/C14H15NO3S/c1-18-11-3-2-4-12(7-11)19(16,17)14(10-15)8-13(9-14)5-6-13/h2-4,7H,5-6,8-9H2,1H3. The molecule has 2 aliphatic rings. The molecule has 0 aliphatic heterocycles. The smallest absolute Gasteiger partial charge is 0.197 e. The van der Waals surface area contributed by atoms with Crippen molar-refractivity contribution in [1.29, 1.82) is 5.26 Å². The highest BCUT2D eigenvalue weighted by Gasteiger charge is 2.67. The van der Waals surface area contributed by atoms with Crippen LogP contribution in [0.4, 0.5) is 0 Å². The minimum atomic E-state index is -3.62. The molecule has 0 atom stereocenters. The van der Waals surface area contributed by atoms with E-state index in [4.69, 9.17) is 4.74 Å². The van der Waals surface area contributed by atoms with Gasteiger partial charge in [-0.2, -0.15) is 5.26 Å². The van der Waals surface area contributed by atoms with Gasteiger partial charge < -0.3 is 4.74 Å². The number of hydrogen-bond acceptors (Lipinski definition) is 4. The van der Waals surface area contributed by atoms with Crippen LogP contribution in [0, 0.1) is 16.7 Å². The van der Waals surface area contributed by atoms with Gasteiger partial charge in [0.25, 0.3) is 0 Å². The Kier molecular flexibility index (Phi) is 2.45. The zero-order chi connectivity index (χ0) is 13.7. The van der Waals surface area contributed by atoms with Crippen LogP contribution in [0.1, 0.15) is 25.7 Å². The highest BCUT2D eigenvalue weighted by Crippen LogP contribution is 2.67. The second kappa shape index (κ2) is 3.73. The van der Waals surface area contributed by atoms with Gasteiger partial charge in [0.2, 0.25) is 0 Å². The van der Waals surface area contributed by atoms with Crippen LogP contribution >= 0.6 is 0 Å². The quantitative estimate of drug-likeness (QED) is 0.850. The minimum Gasteiger partial charge on any atom is -0.497 e. The molecule has 0 saturated heterocycles. The number of ether oxygens (including phenoxy) is 1. The summed E-state index contributed by atoms with van der Waals surface area (Å²) in [5, 5.41) is 9.36. The predicted octanol–water partition coefficient (Wildman–Crippen LogP) is 2.31. The molecular formula is C14H15NO3S. The van der Waals surface area contributed by atoms with E-state index in [1.165, 1.54) is 19.2 Å². The molecule has 1 aromatic rings. The number of rotatable bonds is 3. The van der Waals surface area contributed by atoms with Crippen LogP contribution in [-0.4, -0.2) is 20.3 Å². The number of hydrogen-bond donors (Lipinski definition) is 0. The topological polar surface area (TPSA) is 67.2 Å². The van der Waals surface area contributed by atoms with E-state index in [9.17, 15) is 13.7 Å². The van der Waals surface area contributed by atoms with Crippen molar-refractivity contribution in [2.75, 3.05) is 7.11 Å². The summed E-state index contributed by atoms with van der Waals surface area (Å²) in [6, 6.07) is 8.42. The lowest BCUT2D eigenvalue weighted by Gasteiger charge is -2.42. The Balaban J connectivity index is 2.00. The fraction of sp³-hybridized carbons (Fsp3) is 0.500. The lowest BCUT2D eigenvalue weighted by atomic mass is 9.72. The Hall–Kier alpha value is -1.54. The molecule has 4 nitrogen and oxygen atoms in total. The van der Waals surface area contributed by atoms with Crippen molar-refractivity contribution in [3.05, 3.63) is 24.3 Å². The monoisotopic (exact) mass is 277 g/mol. The Bertz CT molecular complexity index is 660. The van der Waals surface area contributed by atoms with Crippen LogP contribution in [0.3, 0.4) is 0 Å². The summed E-state index contributed by atoms with van der Waals surface area (Å²) < 4.78 is 29.2. The molecule has 100 valence electrons. The third kappa shape index (κ3) is 1.67. The van der Waals surface area contributed by atoms with E-state index in [0.717, 1.165) is 12.8 Å². The SMILES string of the molecule is COc1cccc(S(=O)(=O)C2(C#N)CC3(CC3)C2)c1. The molecule has 2 fully saturated rings. The zero-order valence-electron chi connectivity index (χ0n) is 10.7. The Labute approximate surface area is 112 Å². The maximum Gasteiger partial charge on any atom is 0.197 e. The molecule has 19 heavy (non-hydrogen) atoms. The van der Waals surface area contributed by atoms with Crippen molar-refractivity contribution in [3.63, 3.8) is 0 Å². The third-order valence-electron chi connectivity index (χ3n) is 4.35. The van der Waals surface area contributed by atoms with Crippen molar-refractivity contribution in [3.8, 4) is 11.8 Å². The van der Waals surface area contributed by atoms with Crippen molar-refractivity contribution >= 4 is 9.84 Å². The molecule has 5 heteroatoms. The highest BCUT2D eigenvalue weighted by molar-refractivity contribution is 7.93. The first-order valence-electron chi connectivity index (χ1n) is 6.27. The number of sulfone groups is 1. The number of nitriles is 1. The Morgan fingerprint density at radius 3 is 2.53 bits per heavy atom. The molecule has 0 amide bonds. The van der Waals surface area contributed by atoms with Gasteiger partial charge in [-0.25, -0.2) is 8.42 Å². The molecule has 2 aliphatic carbocycles. The number of methoxy groups -OCH3 is 1. The largest absolute Gasteiger partial charge is 0.497 e. The zero-order valence-corrected chi connectivity index (χ0v) is 11.5. The molecule has 0 bridgehead atoms. The average Bonchev–Trinajstić information content (AvgIpc) is 3.16. The molecule has 3 rings (SSSR count). The maximum atomic E-state index is 12.7. The first-order chi connectivity index (χ1) is 8.97. The third-order valence-corrected chi connectivity index (χ3v) is 6.63. The summed E-state index contributed by atoms with van der Waals surface area (Å²) >= 11 is 0. The van der Waals surface area contributed by atoms with Crippen LogP contribution in [0.2, 0.25) is 0 Å². The normalized spacial score (nSPS) is 22.3. The average molecular weight is 277 g/mol. The Morgan fingerprint density at radius 2 is 2.00 bits per heavy atom. The number of nitrogens with zero attached hydrogens (tertiary/aromatic N) is 1. The molecule has 0 N–H and O–H groups in total. The van der Waals surface area contributed by atoms with E-state index in [1.54, 1.807) is 12.1 Å². The van der Waals surface area contributed by atoms with Gasteiger partial charge in [-0.3, -0.25) is 0 Å². The van der Waals surface area contributed by atoms with Crippen molar-refractivity contribution < 1.29 is 13.2 Å². The summed E-state index contributed by atoms with van der Waals surface area (Å²) in [5.74, 6) is 0.495. The van der Waals surface area contributed by atoms with Gasteiger partial charge in [-0.05, 0) is 49.3 Å². The molecule has 1 spiro atoms. The van der Waals surface area contributed by atoms with Gasteiger partial charge in [0.15, 0.2) is 14.6 Å². The minimum absolute atomic E-state index is 0.154. The lowest BCUT2D eigenvalue weighted by molar-refractivity contribution is 0.238.